The Bertz CT molecular complexity index is 1070. The van der Waals surface area contributed by atoms with Gasteiger partial charge in [0.05, 0.1) is 25.8 Å². The van der Waals surface area contributed by atoms with Gasteiger partial charge in [0.25, 0.3) is 0 Å². The molecule has 2 N–H and O–H groups in total. The normalized spacial score (nSPS) is 19.1. The van der Waals surface area contributed by atoms with Gasteiger partial charge in [0, 0.05) is 49.1 Å². The Balaban J connectivity index is 1.55. The molecule has 174 valence electrons. The van der Waals surface area contributed by atoms with Gasteiger partial charge < -0.3 is 25.0 Å². The highest BCUT2D eigenvalue weighted by molar-refractivity contribution is 6.30. The first kappa shape index (κ1) is 22.9. The summed E-state index contributed by atoms with van der Waals surface area (Å²) in [5.74, 6) is 0.158. The van der Waals surface area contributed by atoms with E-state index < -0.39 is 12.0 Å². The number of piperazine rings is 1. The molecule has 9 heteroatoms. The van der Waals surface area contributed by atoms with Gasteiger partial charge in [-0.15, -0.1) is 0 Å². The molecule has 0 saturated carbocycles. The summed E-state index contributed by atoms with van der Waals surface area (Å²) in [5.41, 5.74) is 2.77. The Morgan fingerprint density at radius 2 is 1.85 bits per heavy atom. The van der Waals surface area contributed by atoms with Crippen LogP contribution in [0.2, 0.25) is 5.02 Å². The number of halogens is 1. The SMILES string of the molecule is COC(=O)C1=C(CN2CCN(c3cccc(Cl)c3)CC2)NC(=O)N[C@@H]1c1cccc(OC)c1. The van der Waals surface area contributed by atoms with E-state index in [4.69, 9.17) is 21.1 Å². The Kier molecular flexibility index (Phi) is 7.05. The molecule has 0 bridgehead atoms. The van der Waals surface area contributed by atoms with Gasteiger partial charge in [0.15, 0.2) is 0 Å². The Morgan fingerprint density at radius 1 is 1.09 bits per heavy atom. The zero-order chi connectivity index (χ0) is 23.4. The number of nitrogens with zero attached hydrogens (tertiary/aromatic N) is 2. The smallest absolute Gasteiger partial charge is 0.338 e. The second-order valence-corrected chi connectivity index (χ2v) is 8.37. The number of amides is 2. The highest BCUT2D eigenvalue weighted by Crippen LogP contribution is 2.30. The maximum atomic E-state index is 12.8. The van der Waals surface area contributed by atoms with E-state index in [1.165, 1.54) is 7.11 Å². The molecule has 2 amide bonds. The minimum absolute atomic E-state index is 0.358. The fraction of sp³-hybridized carbons (Fsp3) is 0.333. The van der Waals surface area contributed by atoms with Gasteiger partial charge in [-0.1, -0.05) is 29.8 Å². The first-order valence-corrected chi connectivity index (χ1v) is 11.1. The van der Waals surface area contributed by atoms with Gasteiger partial charge in [-0.05, 0) is 35.9 Å². The lowest BCUT2D eigenvalue weighted by atomic mass is 9.94. The summed E-state index contributed by atoms with van der Waals surface area (Å²) in [5, 5.41) is 6.39. The Hall–Kier alpha value is -3.23. The molecule has 33 heavy (non-hydrogen) atoms. The van der Waals surface area contributed by atoms with Crippen molar-refractivity contribution in [2.75, 3.05) is 51.8 Å². The third kappa shape index (κ3) is 5.23. The van der Waals surface area contributed by atoms with E-state index >= 15 is 0 Å². The highest BCUT2D eigenvalue weighted by atomic mass is 35.5. The highest BCUT2D eigenvalue weighted by Gasteiger charge is 2.34. The first-order chi connectivity index (χ1) is 16.0. The average Bonchev–Trinajstić information content (AvgIpc) is 2.83. The summed E-state index contributed by atoms with van der Waals surface area (Å²) < 4.78 is 10.4. The van der Waals surface area contributed by atoms with Crippen LogP contribution < -0.4 is 20.3 Å². The molecule has 2 aliphatic rings. The quantitative estimate of drug-likeness (QED) is 0.632. The van der Waals surface area contributed by atoms with Gasteiger partial charge >= 0.3 is 12.0 Å². The summed E-state index contributed by atoms with van der Waals surface area (Å²) in [6, 6.07) is 14.1. The third-order valence-electron chi connectivity index (χ3n) is 5.91. The number of esters is 1. The fourth-order valence-corrected chi connectivity index (χ4v) is 4.41. The summed E-state index contributed by atoms with van der Waals surface area (Å²) in [7, 11) is 2.92. The van der Waals surface area contributed by atoms with E-state index in [0.29, 0.717) is 28.6 Å². The van der Waals surface area contributed by atoms with Crippen molar-refractivity contribution in [2.24, 2.45) is 0 Å². The number of benzene rings is 2. The van der Waals surface area contributed by atoms with Gasteiger partial charge in [-0.2, -0.15) is 0 Å². The lowest BCUT2D eigenvalue weighted by Crippen LogP contribution is -2.51. The minimum atomic E-state index is -0.635. The van der Waals surface area contributed by atoms with Crippen LogP contribution in [-0.4, -0.2) is 63.8 Å². The molecule has 2 aromatic carbocycles. The van der Waals surface area contributed by atoms with Crippen molar-refractivity contribution in [1.82, 2.24) is 15.5 Å². The first-order valence-electron chi connectivity index (χ1n) is 10.7. The molecule has 0 aliphatic carbocycles. The molecule has 0 unspecified atom stereocenters. The predicted octanol–water partition coefficient (Wildman–Crippen LogP) is 2.95. The van der Waals surface area contributed by atoms with Crippen molar-refractivity contribution in [3.63, 3.8) is 0 Å². The molecule has 0 radical (unpaired) electrons. The molecule has 1 saturated heterocycles. The summed E-state index contributed by atoms with van der Waals surface area (Å²) in [6.45, 7) is 3.61. The number of hydrogen-bond acceptors (Lipinski definition) is 6. The van der Waals surface area contributed by atoms with Crippen molar-refractivity contribution in [1.29, 1.82) is 0 Å². The van der Waals surface area contributed by atoms with Gasteiger partial charge in [-0.25, -0.2) is 9.59 Å². The van der Waals surface area contributed by atoms with Crippen molar-refractivity contribution < 1.29 is 19.1 Å². The second-order valence-electron chi connectivity index (χ2n) is 7.93. The lowest BCUT2D eigenvalue weighted by molar-refractivity contribution is -0.136. The Morgan fingerprint density at radius 3 is 2.55 bits per heavy atom. The van der Waals surface area contributed by atoms with E-state index in [9.17, 15) is 9.59 Å². The largest absolute Gasteiger partial charge is 0.497 e. The van der Waals surface area contributed by atoms with Crippen LogP contribution in [-0.2, 0) is 9.53 Å². The number of nitrogens with one attached hydrogen (secondary N) is 2. The number of hydrogen-bond donors (Lipinski definition) is 2. The molecule has 2 heterocycles. The number of carbonyl (C=O) groups excluding carboxylic acids is 2. The number of carbonyl (C=O) groups is 2. The molecule has 2 aliphatic heterocycles. The number of methoxy groups -OCH3 is 2. The van der Waals surface area contributed by atoms with Crippen LogP contribution >= 0.6 is 11.6 Å². The predicted molar refractivity (Wildman–Crippen MR) is 127 cm³/mol. The van der Waals surface area contributed by atoms with Crippen LogP contribution in [0.3, 0.4) is 0 Å². The molecule has 0 spiro atoms. The van der Waals surface area contributed by atoms with Crippen LogP contribution in [0.5, 0.6) is 5.75 Å². The van der Waals surface area contributed by atoms with Crippen LogP contribution in [0.4, 0.5) is 10.5 Å². The molecule has 0 aromatic heterocycles. The third-order valence-corrected chi connectivity index (χ3v) is 6.15. The van der Waals surface area contributed by atoms with Crippen LogP contribution in [0.15, 0.2) is 59.8 Å². The van der Waals surface area contributed by atoms with Crippen molar-refractivity contribution in [2.45, 2.75) is 6.04 Å². The lowest BCUT2D eigenvalue weighted by Gasteiger charge is -2.38. The van der Waals surface area contributed by atoms with Crippen molar-refractivity contribution in [3.05, 3.63) is 70.4 Å². The molecule has 4 rings (SSSR count). The van der Waals surface area contributed by atoms with Crippen LogP contribution in [0.1, 0.15) is 11.6 Å². The zero-order valence-electron chi connectivity index (χ0n) is 18.6. The summed E-state index contributed by atoms with van der Waals surface area (Å²) in [4.78, 5) is 29.8. The molecule has 2 aromatic rings. The van der Waals surface area contributed by atoms with E-state index in [2.05, 4.69) is 20.4 Å². The number of urea groups is 1. The van der Waals surface area contributed by atoms with E-state index in [0.717, 1.165) is 37.4 Å². The summed E-state index contributed by atoms with van der Waals surface area (Å²) >= 11 is 6.14. The summed E-state index contributed by atoms with van der Waals surface area (Å²) in [6.07, 6.45) is 0. The number of anilines is 1. The molecular weight excluding hydrogens is 444 g/mol. The average molecular weight is 471 g/mol. The molecule has 1 fully saturated rings. The van der Waals surface area contributed by atoms with E-state index in [1.807, 2.05) is 42.5 Å². The monoisotopic (exact) mass is 470 g/mol. The van der Waals surface area contributed by atoms with Gasteiger partial charge in [0.1, 0.15) is 5.75 Å². The molecule has 1 atom stereocenters. The fourth-order valence-electron chi connectivity index (χ4n) is 4.23. The maximum Gasteiger partial charge on any atom is 0.338 e. The standard InChI is InChI=1S/C24H27ClN4O4/c1-32-19-8-3-5-16(13-19)22-21(23(30)33-2)20(26-24(31)27-22)15-28-9-11-29(12-10-28)18-7-4-6-17(25)14-18/h3-8,13-14,22H,9-12,15H2,1-2H3,(H2,26,27,31)/t22-/m1/s1. The number of rotatable bonds is 6. The van der Waals surface area contributed by atoms with Crippen molar-refractivity contribution >= 4 is 29.3 Å². The van der Waals surface area contributed by atoms with Crippen molar-refractivity contribution in [3.8, 4) is 5.75 Å². The topological polar surface area (TPSA) is 83.1 Å². The van der Waals surface area contributed by atoms with E-state index in [-0.39, 0.29) is 6.03 Å². The molecular formula is C24H27ClN4O4. The minimum Gasteiger partial charge on any atom is -0.497 e. The molecule has 8 nitrogen and oxygen atoms in total. The number of ether oxygens (including phenoxy) is 2. The van der Waals surface area contributed by atoms with Gasteiger partial charge in [0.2, 0.25) is 0 Å². The van der Waals surface area contributed by atoms with Crippen LogP contribution in [0, 0.1) is 0 Å². The van der Waals surface area contributed by atoms with E-state index in [1.54, 1.807) is 13.2 Å². The van der Waals surface area contributed by atoms with Crippen LogP contribution in [0.25, 0.3) is 0 Å². The Labute approximate surface area is 198 Å². The van der Waals surface area contributed by atoms with Gasteiger partial charge in [-0.3, -0.25) is 4.90 Å². The maximum absolute atomic E-state index is 12.8. The second kappa shape index (κ2) is 10.1. The zero-order valence-corrected chi connectivity index (χ0v) is 19.4.